The van der Waals surface area contributed by atoms with E-state index < -0.39 is 29.7 Å². The van der Waals surface area contributed by atoms with Crippen LogP contribution in [0.15, 0.2) is 52.9 Å². The van der Waals surface area contributed by atoms with E-state index in [0.29, 0.717) is 17.1 Å². The number of benzene rings is 2. The number of fused-ring (bicyclic) bond motifs is 1. The molecule has 180 valence electrons. The third kappa shape index (κ3) is 6.28. The number of furan rings is 1. The first kappa shape index (κ1) is 24.6. The molecule has 1 unspecified atom stereocenters. The third-order valence-corrected chi connectivity index (χ3v) is 4.81. The maximum Gasteiger partial charge on any atom is 0.408 e. The lowest BCUT2D eigenvalue weighted by Crippen LogP contribution is -2.44. The summed E-state index contributed by atoms with van der Waals surface area (Å²) in [6.07, 6.45) is -0.870. The Bertz CT molecular complexity index is 1190. The van der Waals surface area contributed by atoms with Crippen LogP contribution in [0.3, 0.4) is 0 Å². The lowest BCUT2D eigenvalue weighted by Gasteiger charge is -2.23. The van der Waals surface area contributed by atoms with Crippen LogP contribution in [0.4, 0.5) is 4.79 Å². The van der Waals surface area contributed by atoms with Crippen molar-refractivity contribution in [2.45, 2.75) is 45.4 Å². The molecule has 1 aromatic heterocycles. The second-order valence-corrected chi connectivity index (χ2v) is 8.55. The molecule has 0 aliphatic rings. The van der Waals surface area contributed by atoms with Crippen LogP contribution in [0.25, 0.3) is 10.8 Å². The van der Waals surface area contributed by atoms with E-state index in [1.54, 1.807) is 32.9 Å². The Morgan fingerprint density at radius 1 is 1.06 bits per heavy atom. The topological polar surface area (TPSA) is 124 Å². The van der Waals surface area contributed by atoms with E-state index in [0.717, 1.165) is 10.8 Å². The largest absolute Gasteiger partial charge is 0.485 e. The molecule has 0 fully saturated rings. The number of nitrogens with one attached hydrogen (secondary N) is 1. The van der Waals surface area contributed by atoms with Crippen molar-refractivity contribution in [2.75, 3.05) is 7.11 Å². The number of ether oxygens (including phenoxy) is 3. The van der Waals surface area contributed by atoms with Crippen LogP contribution in [0.2, 0.25) is 0 Å². The minimum absolute atomic E-state index is 0.000430. The van der Waals surface area contributed by atoms with Crippen LogP contribution >= 0.6 is 0 Å². The Balaban J connectivity index is 1.87. The molecule has 0 aliphatic heterocycles. The smallest absolute Gasteiger partial charge is 0.408 e. The first-order valence-electron chi connectivity index (χ1n) is 10.6. The van der Waals surface area contributed by atoms with Crippen molar-refractivity contribution in [1.29, 1.82) is 0 Å². The Hall–Kier alpha value is -4.01. The normalized spacial score (nSPS) is 12.1. The van der Waals surface area contributed by atoms with Crippen molar-refractivity contribution in [1.82, 2.24) is 5.32 Å². The molecule has 3 rings (SSSR count). The Morgan fingerprint density at radius 2 is 1.79 bits per heavy atom. The second kappa shape index (κ2) is 10.3. The second-order valence-electron chi connectivity index (χ2n) is 8.55. The molecular formula is C25H27NO8. The van der Waals surface area contributed by atoms with Gasteiger partial charge in [-0.05, 0) is 49.7 Å². The van der Waals surface area contributed by atoms with Crippen LogP contribution in [0.1, 0.15) is 42.6 Å². The highest BCUT2D eigenvalue weighted by Crippen LogP contribution is 2.30. The number of amides is 1. The van der Waals surface area contributed by atoms with Gasteiger partial charge in [-0.15, -0.1) is 0 Å². The number of carbonyl (C=O) groups is 3. The Morgan fingerprint density at radius 3 is 2.47 bits per heavy atom. The predicted molar refractivity (Wildman–Crippen MR) is 123 cm³/mol. The molecule has 2 N–H and O–H groups in total. The molecule has 2 aromatic carbocycles. The van der Waals surface area contributed by atoms with Gasteiger partial charge in [0, 0.05) is 12.0 Å². The first-order chi connectivity index (χ1) is 16.1. The number of aliphatic carboxylic acids is 1. The van der Waals surface area contributed by atoms with Gasteiger partial charge in [-0.25, -0.2) is 14.4 Å². The van der Waals surface area contributed by atoms with Crippen LogP contribution in [0, 0.1) is 0 Å². The minimum atomic E-state index is -1.25. The number of rotatable bonds is 8. The Kier molecular flexibility index (Phi) is 7.45. The number of carboxylic acids is 1. The van der Waals surface area contributed by atoms with Gasteiger partial charge in [0.05, 0.1) is 7.11 Å². The number of hydrogen-bond donors (Lipinski definition) is 2. The average Bonchev–Trinajstić information content (AvgIpc) is 3.25. The lowest BCUT2D eigenvalue weighted by molar-refractivity contribution is -0.139. The molecule has 0 radical (unpaired) electrons. The minimum Gasteiger partial charge on any atom is -0.485 e. The summed E-state index contributed by atoms with van der Waals surface area (Å²) < 4.78 is 21.2. The fourth-order valence-electron chi connectivity index (χ4n) is 3.33. The molecule has 0 bridgehead atoms. The molecule has 3 aromatic rings. The molecule has 0 spiro atoms. The van der Waals surface area contributed by atoms with E-state index in [1.807, 2.05) is 30.3 Å². The van der Waals surface area contributed by atoms with E-state index in [9.17, 15) is 19.5 Å². The van der Waals surface area contributed by atoms with Gasteiger partial charge in [-0.2, -0.15) is 0 Å². The van der Waals surface area contributed by atoms with Gasteiger partial charge in [0.15, 0.2) is 0 Å². The highest BCUT2D eigenvalue weighted by atomic mass is 16.6. The van der Waals surface area contributed by atoms with Gasteiger partial charge in [0.1, 0.15) is 29.8 Å². The van der Waals surface area contributed by atoms with E-state index in [2.05, 4.69) is 10.1 Å². The zero-order chi connectivity index (χ0) is 24.9. The van der Waals surface area contributed by atoms with Crippen LogP contribution < -0.4 is 10.1 Å². The summed E-state index contributed by atoms with van der Waals surface area (Å²) in [6, 6.07) is 12.9. The van der Waals surface area contributed by atoms with Gasteiger partial charge in [-0.1, -0.05) is 30.3 Å². The number of carbonyl (C=O) groups excluding carboxylic acids is 2. The third-order valence-electron chi connectivity index (χ3n) is 4.81. The van der Waals surface area contributed by atoms with Crippen LogP contribution in [-0.2, 0) is 27.3 Å². The SMILES string of the molecule is COC(=O)c1ccc(COc2ccc3ccccc3c2CC(NC(=O)OC(C)(C)C)C(=O)O)o1. The summed E-state index contributed by atoms with van der Waals surface area (Å²) >= 11 is 0. The molecular weight excluding hydrogens is 442 g/mol. The maximum atomic E-state index is 12.2. The molecule has 9 heteroatoms. The summed E-state index contributed by atoms with van der Waals surface area (Å²) in [7, 11) is 1.26. The molecule has 1 atom stereocenters. The monoisotopic (exact) mass is 469 g/mol. The van der Waals surface area contributed by atoms with E-state index in [4.69, 9.17) is 13.9 Å². The summed E-state index contributed by atoms with van der Waals surface area (Å²) in [4.78, 5) is 35.8. The predicted octanol–water partition coefficient (Wildman–Crippen LogP) is 4.32. The number of alkyl carbamates (subject to hydrolysis) is 1. The van der Waals surface area contributed by atoms with Gasteiger partial charge >= 0.3 is 18.0 Å². The van der Waals surface area contributed by atoms with Crippen molar-refractivity contribution in [3.05, 3.63) is 65.6 Å². The standard InChI is InChI=1S/C25H27NO8/c1-25(2,3)34-24(30)26-19(22(27)28)13-18-17-8-6-5-7-15(17)9-11-20(18)32-14-16-10-12-21(33-16)23(29)31-4/h5-12,19H,13-14H2,1-4H3,(H,26,30)(H,27,28). The van der Waals surface area contributed by atoms with Gasteiger partial charge in [0.25, 0.3) is 0 Å². The summed E-state index contributed by atoms with van der Waals surface area (Å²) in [5.74, 6) is -0.950. The van der Waals surface area contributed by atoms with Crippen molar-refractivity contribution in [2.24, 2.45) is 0 Å². The van der Waals surface area contributed by atoms with Gasteiger partial charge in [0.2, 0.25) is 5.76 Å². The number of esters is 1. The van der Waals surface area contributed by atoms with Crippen LogP contribution in [0.5, 0.6) is 5.75 Å². The highest BCUT2D eigenvalue weighted by molar-refractivity contribution is 5.89. The number of methoxy groups -OCH3 is 1. The number of hydrogen-bond acceptors (Lipinski definition) is 7. The quantitative estimate of drug-likeness (QED) is 0.468. The highest BCUT2D eigenvalue weighted by Gasteiger charge is 2.26. The fraction of sp³-hybridized carbons (Fsp3) is 0.320. The molecule has 34 heavy (non-hydrogen) atoms. The first-order valence-corrected chi connectivity index (χ1v) is 10.6. The van der Waals surface area contributed by atoms with E-state index in [1.165, 1.54) is 13.2 Å². The van der Waals surface area contributed by atoms with Gasteiger partial charge in [-0.3, -0.25) is 0 Å². The van der Waals surface area contributed by atoms with Crippen molar-refractivity contribution in [3.8, 4) is 5.75 Å². The summed E-state index contributed by atoms with van der Waals surface area (Å²) in [6.45, 7) is 5.08. The molecule has 0 aliphatic carbocycles. The summed E-state index contributed by atoms with van der Waals surface area (Å²) in [5.41, 5.74) is -0.172. The zero-order valence-corrected chi connectivity index (χ0v) is 19.4. The molecule has 0 saturated heterocycles. The zero-order valence-electron chi connectivity index (χ0n) is 19.4. The van der Waals surface area contributed by atoms with Crippen molar-refractivity contribution in [3.63, 3.8) is 0 Å². The molecule has 1 amide bonds. The Labute approximate surface area is 196 Å². The molecule has 0 saturated carbocycles. The van der Waals surface area contributed by atoms with Gasteiger partial charge < -0.3 is 29.1 Å². The fourth-order valence-corrected chi connectivity index (χ4v) is 3.33. The van der Waals surface area contributed by atoms with E-state index >= 15 is 0 Å². The average molecular weight is 469 g/mol. The van der Waals surface area contributed by atoms with Crippen molar-refractivity contribution >= 4 is 28.8 Å². The summed E-state index contributed by atoms with van der Waals surface area (Å²) in [5, 5.41) is 13.9. The molecule has 9 nitrogen and oxygen atoms in total. The van der Waals surface area contributed by atoms with Crippen LogP contribution in [-0.4, -0.2) is 41.9 Å². The van der Waals surface area contributed by atoms with Crippen molar-refractivity contribution < 1.29 is 38.1 Å². The maximum absolute atomic E-state index is 12.2. The number of carboxylic acid groups (broad SMARTS) is 1. The lowest BCUT2D eigenvalue weighted by atomic mass is 9.97. The van der Waals surface area contributed by atoms with E-state index in [-0.39, 0.29) is 18.8 Å². The molecule has 1 heterocycles.